The summed E-state index contributed by atoms with van der Waals surface area (Å²) in [5.74, 6) is 0. The first-order chi connectivity index (χ1) is 10.1. The molecule has 0 aliphatic rings. The molecule has 0 heterocycles. The summed E-state index contributed by atoms with van der Waals surface area (Å²) in [6.45, 7) is 3.44. The fourth-order valence-electron chi connectivity index (χ4n) is 2.36. The number of hydrogen-bond acceptors (Lipinski definition) is 3. The molecule has 0 aromatic heterocycles. The van der Waals surface area contributed by atoms with E-state index in [1.807, 2.05) is 42.5 Å². The van der Waals surface area contributed by atoms with Crippen molar-refractivity contribution in [3.05, 3.63) is 67.3 Å². The van der Waals surface area contributed by atoms with Crippen molar-refractivity contribution in [3.63, 3.8) is 0 Å². The number of fused-ring (bicyclic) bond motifs is 2. The van der Waals surface area contributed by atoms with Crippen LogP contribution in [0.3, 0.4) is 0 Å². The molecule has 3 aromatic rings. The van der Waals surface area contributed by atoms with Gasteiger partial charge in [0.1, 0.15) is 4.90 Å². The first-order valence-electron chi connectivity index (χ1n) is 6.54. The first-order valence-corrected chi connectivity index (χ1v) is 7.94. The van der Waals surface area contributed by atoms with E-state index in [-0.39, 0.29) is 49.2 Å². The van der Waals surface area contributed by atoms with E-state index in [2.05, 4.69) is 6.58 Å². The van der Waals surface area contributed by atoms with Crippen LogP contribution < -0.4 is 0 Å². The molecule has 0 atom stereocenters. The molecule has 110 valence electrons. The Bertz CT molecular complexity index is 933. The molecule has 0 N–H and O–H groups in total. The summed E-state index contributed by atoms with van der Waals surface area (Å²) in [4.78, 5) is 0.188. The van der Waals surface area contributed by atoms with Crippen LogP contribution in [0.25, 0.3) is 21.5 Å². The number of hydrogen-bond donors (Lipinski definition) is 0. The van der Waals surface area contributed by atoms with Gasteiger partial charge in [-0.1, -0.05) is 42.5 Å². The van der Waals surface area contributed by atoms with E-state index in [0.29, 0.717) is 5.39 Å². The molecule has 0 spiro atoms. The zero-order valence-corrected chi connectivity index (χ0v) is 12.1. The van der Waals surface area contributed by atoms with E-state index in [9.17, 15) is 8.42 Å². The molecule has 5 heteroatoms. The standard InChI is InChI=1S/C17H14O3S.Ca.2H/c1-2-10-20-21(18,19)17-9-5-8-15-11-13-6-3-4-7-14(13)12-16(15)17;;;/h2-9,11-12H,1,10H2;;;. The Morgan fingerprint density at radius 2 is 1.59 bits per heavy atom. The van der Waals surface area contributed by atoms with E-state index in [4.69, 9.17) is 4.18 Å². The molecule has 0 fully saturated rings. The van der Waals surface area contributed by atoms with Gasteiger partial charge < -0.3 is 0 Å². The summed E-state index contributed by atoms with van der Waals surface area (Å²) < 4.78 is 29.5. The average molecular weight is 340 g/mol. The van der Waals surface area contributed by atoms with E-state index in [0.717, 1.165) is 16.2 Å². The minimum atomic E-state index is -3.79. The Labute approximate surface area is 159 Å². The van der Waals surface area contributed by atoms with Crippen LogP contribution in [-0.4, -0.2) is 52.8 Å². The molecule has 0 amide bonds. The van der Waals surface area contributed by atoms with Crippen molar-refractivity contribution in [2.24, 2.45) is 0 Å². The minimum absolute atomic E-state index is 0. The van der Waals surface area contributed by atoms with Crippen LogP contribution >= 0.6 is 0 Å². The Balaban J connectivity index is 0.00000176. The summed E-state index contributed by atoms with van der Waals surface area (Å²) in [5, 5.41) is 3.61. The van der Waals surface area contributed by atoms with Gasteiger partial charge in [-0.05, 0) is 34.4 Å². The topological polar surface area (TPSA) is 43.4 Å². The number of benzene rings is 3. The van der Waals surface area contributed by atoms with Gasteiger partial charge >= 0.3 is 37.7 Å². The van der Waals surface area contributed by atoms with Crippen LogP contribution in [0.2, 0.25) is 0 Å². The molecule has 0 radical (unpaired) electrons. The first kappa shape index (κ1) is 17.4. The average Bonchev–Trinajstić information content (AvgIpc) is 2.50. The van der Waals surface area contributed by atoms with Gasteiger partial charge in [0.2, 0.25) is 0 Å². The van der Waals surface area contributed by atoms with Crippen molar-refractivity contribution >= 4 is 69.4 Å². The van der Waals surface area contributed by atoms with Crippen LogP contribution in [-0.2, 0) is 14.3 Å². The fraction of sp³-hybridized carbons (Fsp3) is 0.0588. The van der Waals surface area contributed by atoms with Crippen molar-refractivity contribution in [2.45, 2.75) is 4.90 Å². The van der Waals surface area contributed by atoms with Gasteiger partial charge in [0.25, 0.3) is 10.1 Å². The van der Waals surface area contributed by atoms with E-state index in [1.165, 1.54) is 6.08 Å². The second kappa shape index (κ2) is 7.11. The van der Waals surface area contributed by atoms with Gasteiger partial charge in [0.15, 0.2) is 0 Å². The van der Waals surface area contributed by atoms with Crippen LogP contribution in [0.15, 0.2) is 72.1 Å². The van der Waals surface area contributed by atoms with Gasteiger partial charge in [0.05, 0.1) is 6.61 Å². The Hall–Kier alpha value is -0.910. The molecule has 0 saturated heterocycles. The van der Waals surface area contributed by atoms with Crippen LogP contribution in [0, 0.1) is 0 Å². The van der Waals surface area contributed by atoms with Gasteiger partial charge in [-0.2, -0.15) is 8.42 Å². The normalized spacial score (nSPS) is 11.3. The maximum atomic E-state index is 12.3. The molecule has 3 nitrogen and oxygen atoms in total. The van der Waals surface area contributed by atoms with Crippen LogP contribution in [0.1, 0.15) is 0 Å². The van der Waals surface area contributed by atoms with Crippen molar-refractivity contribution in [3.8, 4) is 0 Å². The van der Waals surface area contributed by atoms with Gasteiger partial charge in [-0.3, -0.25) is 4.18 Å². The van der Waals surface area contributed by atoms with Crippen molar-refractivity contribution in [1.82, 2.24) is 0 Å². The third kappa shape index (κ3) is 3.36. The summed E-state index contributed by atoms with van der Waals surface area (Å²) in [6, 6.07) is 16.9. The van der Waals surface area contributed by atoms with E-state index >= 15 is 0 Å². The molecule has 0 aliphatic carbocycles. The van der Waals surface area contributed by atoms with Crippen molar-refractivity contribution in [2.75, 3.05) is 6.61 Å². The zero-order chi connectivity index (χ0) is 14.9. The number of rotatable bonds is 4. The summed E-state index contributed by atoms with van der Waals surface area (Å²) >= 11 is 0. The van der Waals surface area contributed by atoms with E-state index in [1.54, 1.807) is 12.1 Å². The second-order valence-electron chi connectivity index (χ2n) is 4.70. The molecule has 3 aromatic carbocycles. The quantitative estimate of drug-likeness (QED) is 0.317. The third-order valence-corrected chi connectivity index (χ3v) is 4.66. The molecule has 3 rings (SSSR count). The molecule has 22 heavy (non-hydrogen) atoms. The predicted octanol–water partition coefficient (Wildman–Crippen LogP) is 2.97. The molecular weight excluding hydrogens is 324 g/mol. The monoisotopic (exact) mass is 340 g/mol. The van der Waals surface area contributed by atoms with Gasteiger partial charge in [-0.15, -0.1) is 6.58 Å². The molecule has 0 unspecified atom stereocenters. The summed E-state index contributed by atoms with van der Waals surface area (Å²) in [7, 11) is -3.79. The fourth-order valence-corrected chi connectivity index (χ4v) is 3.45. The van der Waals surface area contributed by atoms with Gasteiger partial charge in [0, 0.05) is 5.39 Å². The molecule has 0 aliphatic heterocycles. The molecule has 0 saturated carbocycles. The van der Waals surface area contributed by atoms with E-state index < -0.39 is 10.1 Å². The predicted molar refractivity (Wildman–Crippen MR) is 93.3 cm³/mol. The third-order valence-electron chi connectivity index (χ3n) is 3.32. The van der Waals surface area contributed by atoms with Crippen molar-refractivity contribution in [1.29, 1.82) is 0 Å². The summed E-state index contributed by atoms with van der Waals surface area (Å²) in [6.07, 6.45) is 1.41. The Kier molecular flexibility index (Phi) is 5.64. The SMILES string of the molecule is C=CCOS(=O)(=O)c1cccc2cc3ccccc3cc12.[CaH2]. The zero-order valence-electron chi connectivity index (χ0n) is 11.3. The van der Waals surface area contributed by atoms with Gasteiger partial charge in [-0.25, -0.2) is 0 Å². The Morgan fingerprint density at radius 1 is 0.955 bits per heavy atom. The van der Waals surface area contributed by atoms with Crippen LogP contribution in [0.5, 0.6) is 0 Å². The molecule has 0 bridgehead atoms. The summed E-state index contributed by atoms with van der Waals surface area (Å²) in [5.41, 5.74) is 0. The van der Waals surface area contributed by atoms with Crippen molar-refractivity contribution < 1.29 is 12.6 Å². The van der Waals surface area contributed by atoms with Crippen LogP contribution in [0.4, 0.5) is 0 Å². The molecular formula is C17H16CaO3S. The second-order valence-corrected chi connectivity index (χ2v) is 6.29. The maximum absolute atomic E-state index is 12.3. The Morgan fingerprint density at radius 3 is 2.27 bits per heavy atom.